The fourth-order valence-corrected chi connectivity index (χ4v) is 4.97. The van der Waals surface area contributed by atoms with E-state index in [-0.39, 0.29) is 5.91 Å². The minimum absolute atomic E-state index is 0.147. The molecule has 26 heavy (non-hydrogen) atoms. The van der Waals surface area contributed by atoms with Gasteiger partial charge in [-0.1, -0.05) is 12.8 Å². The Bertz CT molecular complexity index is 598. The predicted octanol–water partition coefficient (Wildman–Crippen LogP) is 1.56. The van der Waals surface area contributed by atoms with Crippen molar-refractivity contribution in [1.82, 2.24) is 0 Å². The van der Waals surface area contributed by atoms with Gasteiger partial charge < -0.3 is 19.9 Å². The zero-order valence-electron chi connectivity index (χ0n) is 15.7. The van der Waals surface area contributed by atoms with E-state index in [1.165, 1.54) is 49.2 Å². The van der Waals surface area contributed by atoms with Gasteiger partial charge in [-0.3, -0.25) is 4.79 Å². The monoisotopic (exact) mass is 358 g/mol. The lowest BCUT2D eigenvalue weighted by Gasteiger charge is -2.38. The fraction of sp³-hybridized carbons (Fsp3) is 0.667. The zero-order chi connectivity index (χ0) is 17.8. The highest BCUT2D eigenvalue weighted by molar-refractivity contribution is 5.91. The SMILES string of the molecule is O=C(C[NH+]1CC[C@H]2CCCC[C@@H]2C1)Nc1ccc(N2CCOCC2)cc1. The van der Waals surface area contributed by atoms with Gasteiger partial charge in [0.1, 0.15) is 0 Å². The number of carbonyl (C=O) groups excluding carboxylic acids is 1. The van der Waals surface area contributed by atoms with Crippen molar-refractivity contribution in [2.75, 3.05) is 56.2 Å². The number of nitrogens with one attached hydrogen (secondary N) is 2. The van der Waals surface area contributed by atoms with Crippen molar-refractivity contribution >= 4 is 17.3 Å². The third-order valence-corrected chi connectivity index (χ3v) is 6.42. The van der Waals surface area contributed by atoms with Crippen molar-refractivity contribution in [2.24, 2.45) is 11.8 Å². The maximum absolute atomic E-state index is 12.5. The molecule has 0 spiro atoms. The molecule has 3 fully saturated rings. The van der Waals surface area contributed by atoms with Crippen LogP contribution < -0.4 is 15.1 Å². The molecule has 3 atom stereocenters. The predicted molar refractivity (Wildman–Crippen MR) is 104 cm³/mol. The van der Waals surface area contributed by atoms with Gasteiger partial charge in [0.25, 0.3) is 5.91 Å². The normalized spacial score (nSPS) is 29.1. The molecule has 1 unspecified atom stereocenters. The molecule has 5 nitrogen and oxygen atoms in total. The third-order valence-electron chi connectivity index (χ3n) is 6.42. The molecule has 4 rings (SSSR count). The van der Waals surface area contributed by atoms with Gasteiger partial charge in [-0.15, -0.1) is 0 Å². The summed E-state index contributed by atoms with van der Waals surface area (Å²) < 4.78 is 5.40. The van der Waals surface area contributed by atoms with Crippen LogP contribution in [-0.4, -0.2) is 51.8 Å². The van der Waals surface area contributed by atoms with E-state index in [0.29, 0.717) is 6.54 Å². The first kappa shape index (κ1) is 17.8. The Morgan fingerprint density at radius 2 is 1.81 bits per heavy atom. The maximum Gasteiger partial charge on any atom is 0.279 e. The smallest absolute Gasteiger partial charge is 0.279 e. The Labute approximate surface area is 156 Å². The summed E-state index contributed by atoms with van der Waals surface area (Å²) >= 11 is 0. The van der Waals surface area contributed by atoms with Crippen molar-refractivity contribution in [3.63, 3.8) is 0 Å². The fourth-order valence-electron chi connectivity index (χ4n) is 4.97. The second kappa shape index (κ2) is 8.40. The number of fused-ring (bicyclic) bond motifs is 1. The van der Waals surface area contributed by atoms with Crippen LogP contribution in [0.25, 0.3) is 0 Å². The molecule has 1 saturated carbocycles. The topological polar surface area (TPSA) is 46.0 Å². The summed E-state index contributed by atoms with van der Waals surface area (Å²) in [7, 11) is 0. The van der Waals surface area contributed by atoms with Crippen LogP contribution in [0, 0.1) is 11.8 Å². The number of quaternary nitrogens is 1. The average molecular weight is 359 g/mol. The van der Waals surface area contributed by atoms with Gasteiger partial charge in [-0.05, 0) is 49.4 Å². The molecule has 0 bridgehead atoms. The molecule has 3 aliphatic rings. The molecule has 5 heteroatoms. The number of amides is 1. The number of anilines is 2. The van der Waals surface area contributed by atoms with E-state index in [4.69, 9.17) is 4.74 Å². The summed E-state index contributed by atoms with van der Waals surface area (Å²) in [6.45, 7) is 6.41. The first-order valence-electron chi connectivity index (χ1n) is 10.3. The van der Waals surface area contributed by atoms with Crippen LogP contribution in [0.4, 0.5) is 11.4 Å². The zero-order valence-corrected chi connectivity index (χ0v) is 15.7. The number of carbonyl (C=O) groups is 1. The maximum atomic E-state index is 12.5. The van der Waals surface area contributed by atoms with Gasteiger partial charge in [-0.25, -0.2) is 0 Å². The van der Waals surface area contributed by atoms with E-state index in [1.54, 1.807) is 0 Å². The van der Waals surface area contributed by atoms with Crippen molar-refractivity contribution in [1.29, 1.82) is 0 Å². The largest absolute Gasteiger partial charge is 0.378 e. The van der Waals surface area contributed by atoms with Gasteiger partial charge in [0.05, 0.1) is 26.3 Å². The second-order valence-corrected chi connectivity index (χ2v) is 8.17. The number of hydrogen-bond acceptors (Lipinski definition) is 3. The number of benzene rings is 1. The number of morpholine rings is 1. The first-order chi connectivity index (χ1) is 12.8. The highest BCUT2D eigenvalue weighted by atomic mass is 16.5. The van der Waals surface area contributed by atoms with Crippen LogP contribution in [-0.2, 0) is 9.53 Å². The van der Waals surface area contributed by atoms with Crippen molar-refractivity contribution in [3.05, 3.63) is 24.3 Å². The van der Waals surface area contributed by atoms with Crippen LogP contribution in [0.1, 0.15) is 32.1 Å². The number of piperidine rings is 1. The molecule has 2 aliphatic heterocycles. The highest BCUT2D eigenvalue weighted by Crippen LogP contribution is 2.32. The number of nitrogens with zero attached hydrogens (tertiary/aromatic N) is 1. The van der Waals surface area contributed by atoms with E-state index < -0.39 is 0 Å². The lowest BCUT2D eigenvalue weighted by molar-refractivity contribution is -0.902. The summed E-state index contributed by atoms with van der Waals surface area (Å²) in [5.74, 6) is 1.93. The van der Waals surface area contributed by atoms with Crippen LogP contribution in [0.5, 0.6) is 0 Å². The molecule has 142 valence electrons. The minimum Gasteiger partial charge on any atom is -0.378 e. The highest BCUT2D eigenvalue weighted by Gasteiger charge is 2.34. The van der Waals surface area contributed by atoms with Gasteiger partial charge in [0, 0.05) is 30.4 Å². The molecule has 2 saturated heterocycles. The number of rotatable bonds is 4. The molecule has 2 N–H and O–H groups in total. The number of ether oxygens (including phenoxy) is 1. The van der Waals surface area contributed by atoms with E-state index >= 15 is 0 Å². The van der Waals surface area contributed by atoms with E-state index in [1.807, 2.05) is 12.1 Å². The number of likely N-dealkylation sites (tertiary alicyclic amines) is 1. The summed E-state index contributed by atoms with van der Waals surface area (Å²) in [4.78, 5) is 16.3. The Balaban J connectivity index is 1.26. The summed E-state index contributed by atoms with van der Waals surface area (Å²) in [5, 5.41) is 3.09. The van der Waals surface area contributed by atoms with Crippen LogP contribution in [0.15, 0.2) is 24.3 Å². The Morgan fingerprint density at radius 1 is 1.08 bits per heavy atom. The number of hydrogen-bond donors (Lipinski definition) is 2. The third kappa shape index (κ3) is 4.38. The van der Waals surface area contributed by atoms with Gasteiger partial charge in [0.15, 0.2) is 6.54 Å². The molecule has 0 aromatic heterocycles. The Morgan fingerprint density at radius 3 is 2.58 bits per heavy atom. The van der Waals surface area contributed by atoms with Crippen LogP contribution >= 0.6 is 0 Å². The first-order valence-corrected chi connectivity index (χ1v) is 10.3. The van der Waals surface area contributed by atoms with Crippen molar-refractivity contribution < 1.29 is 14.4 Å². The minimum atomic E-state index is 0.147. The Kier molecular flexibility index (Phi) is 5.75. The average Bonchev–Trinajstić information content (AvgIpc) is 2.69. The molecular formula is C21H32N3O2+. The van der Waals surface area contributed by atoms with E-state index in [2.05, 4.69) is 22.3 Å². The molecule has 1 aromatic carbocycles. The van der Waals surface area contributed by atoms with Gasteiger partial charge >= 0.3 is 0 Å². The molecular weight excluding hydrogens is 326 g/mol. The molecule has 1 amide bonds. The quantitative estimate of drug-likeness (QED) is 0.859. The van der Waals surface area contributed by atoms with Crippen molar-refractivity contribution in [2.45, 2.75) is 32.1 Å². The van der Waals surface area contributed by atoms with Gasteiger partial charge in [0.2, 0.25) is 0 Å². The summed E-state index contributed by atoms with van der Waals surface area (Å²) in [5.41, 5.74) is 2.11. The van der Waals surface area contributed by atoms with E-state index in [9.17, 15) is 4.79 Å². The molecule has 1 aromatic rings. The second-order valence-electron chi connectivity index (χ2n) is 8.17. The van der Waals surface area contributed by atoms with Gasteiger partial charge in [-0.2, -0.15) is 0 Å². The lowest BCUT2D eigenvalue weighted by atomic mass is 9.75. The molecule has 2 heterocycles. The summed E-state index contributed by atoms with van der Waals surface area (Å²) in [6.07, 6.45) is 6.90. The van der Waals surface area contributed by atoms with Crippen LogP contribution in [0.2, 0.25) is 0 Å². The molecule has 0 radical (unpaired) electrons. The van der Waals surface area contributed by atoms with E-state index in [0.717, 1.165) is 50.4 Å². The molecule has 1 aliphatic carbocycles. The Hall–Kier alpha value is -1.59. The summed E-state index contributed by atoms with van der Waals surface area (Å²) in [6, 6.07) is 8.24. The van der Waals surface area contributed by atoms with Crippen molar-refractivity contribution in [3.8, 4) is 0 Å². The van der Waals surface area contributed by atoms with Crippen LogP contribution in [0.3, 0.4) is 0 Å². The lowest BCUT2D eigenvalue weighted by Crippen LogP contribution is -3.15. The standard InChI is InChI=1S/C21H31N3O2/c25-21(16-23-10-9-17-3-1-2-4-18(17)15-23)22-19-5-7-20(8-6-19)24-11-13-26-14-12-24/h5-8,17-18H,1-4,9-16H2,(H,22,25)/p+1/t17-,18-/m1/s1.